The lowest BCUT2D eigenvalue weighted by molar-refractivity contribution is -0.129. The van der Waals surface area contributed by atoms with E-state index >= 15 is 0 Å². The summed E-state index contributed by atoms with van der Waals surface area (Å²) in [5.41, 5.74) is 0.656. The average Bonchev–Trinajstić information content (AvgIpc) is 2.98. The Balaban J connectivity index is 1.87. The number of benzene rings is 1. The van der Waals surface area contributed by atoms with Gasteiger partial charge in [0, 0.05) is 19.1 Å². The summed E-state index contributed by atoms with van der Waals surface area (Å²) in [5, 5.41) is 13.8. The fourth-order valence-corrected chi connectivity index (χ4v) is 3.16. The number of halogens is 2. The Morgan fingerprint density at radius 3 is 2.59 bits per heavy atom. The molecule has 1 saturated carbocycles. The van der Waals surface area contributed by atoms with Crippen molar-refractivity contribution in [3.05, 3.63) is 33.8 Å². The second kappa shape index (κ2) is 7.64. The second-order valence-corrected chi connectivity index (χ2v) is 6.81. The van der Waals surface area contributed by atoms with Gasteiger partial charge >= 0.3 is 0 Å². The third kappa shape index (κ3) is 4.35. The normalized spacial score (nSPS) is 16.7. The molecular formula is C16H22Cl2N2O2. The zero-order chi connectivity index (χ0) is 16.2. The first-order valence-corrected chi connectivity index (χ1v) is 8.25. The fraction of sp³-hybridized carbons (Fsp3) is 0.562. The standard InChI is InChI=1S/C16H22Cl2N2O2/c1-20(10-12-4-5-13(17)14(18)8-12)15(22)9-19-16(11-21)6-2-3-7-16/h4-5,8,19,21H,2-3,6-7,9-11H2,1H3. The lowest BCUT2D eigenvalue weighted by Gasteiger charge is -2.29. The predicted molar refractivity (Wildman–Crippen MR) is 89.2 cm³/mol. The number of carbonyl (C=O) groups is 1. The molecule has 0 aliphatic heterocycles. The second-order valence-electron chi connectivity index (χ2n) is 6.00. The number of hydrogen-bond donors (Lipinski definition) is 2. The number of nitrogens with zero attached hydrogens (tertiary/aromatic N) is 1. The molecule has 0 spiro atoms. The third-order valence-corrected chi connectivity index (χ3v) is 5.05. The molecule has 1 aromatic rings. The van der Waals surface area contributed by atoms with Gasteiger partial charge in [-0.2, -0.15) is 0 Å². The smallest absolute Gasteiger partial charge is 0.236 e. The van der Waals surface area contributed by atoms with E-state index in [1.807, 2.05) is 6.07 Å². The molecule has 22 heavy (non-hydrogen) atoms. The Labute approximate surface area is 141 Å². The van der Waals surface area contributed by atoms with Gasteiger partial charge in [-0.1, -0.05) is 42.1 Å². The van der Waals surface area contributed by atoms with E-state index in [0.29, 0.717) is 16.6 Å². The highest BCUT2D eigenvalue weighted by atomic mass is 35.5. The van der Waals surface area contributed by atoms with Crippen LogP contribution in [0.2, 0.25) is 10.0 Å². The summed E-state index contributed by atoms with van der Waals surface area (Å²) in [6.45, 7) is 0.790. The summed E-state index contributed by atoms with van der Waals surface area (Å²) >= 11 is 11.9. The topological polar surface area (TPSA) is 52.6 Å². The van der Waals surface area contributed by atoms with Crippen molar-refractivity contribution in [1.82, 2.24) is 10.2 Å². The van der Waals surface area contributed by atoms with Crippen LogP contribution < -0.4 is 5.32 Å². The summed E-state index contributed by atoms with van der Waals surface area (Å²) in [5.74, 6) is -0.00852. The molecule has 0 radical (unpaired) electrons. The SMILES string of the molecule is CN(Cc1ccc(Cl)c(Cl)c1)C(=O)CNC1(CO)CCCC1. The minimum Gasteiger partial charge on any atom is -0.394 e. The molecule has 1 aromatic carbocycles. The van der Waals surface area contributed by atoms with Crippen LogP contribution >= 0.6 is 23.2 Å². The maximum absolute atomic E-state index is 12.2. The Bertz CT molecular complexity index is 531. The van der Waals surface area contributed by atoms with Crippen molar-refractivity contribution in [2.24, 2.45) is 0 Å². The van der Waals surface area contributed by atoms with Crippen LogP contribution in [0.3, 0.4) is 0 Å². The van der Waals surface area contributed by atoms with Crippen molar-refractivity contribution >= 4 is 29.1 Å². The van der Waals surface area contributed by atoms with Crippen LogP contribution in [0.5, 0.6) is 0 Å². The average molecular weight is 345 g/mol. The van der Waals surface area contributed by atoms with Crippen molar-refractivity contribution in [2.75, 3.05) is 20.2 Å². The molecule has 0 saturated heterocycles. The highest BCUT2D eigenvalue weighted by Crippen LogP contribution is 2.29. The van der Waals surface area contributed by atoms with Crippen LogP contribution in [0.25, 0.3) is 0 Å². The van der Waals surface area contributed by atoms with E-state index < -0.39 is 0 Å². The summed E-state index contributed by atoms with van der Waals surface area (Å²) in [4.78, 5) is 13.9. The van der Waals surface area contributed by atoms with Crippen LogP contribution in [0, 0.1) is 0 Å². The number of rotatable bonds is 6. The Morgan fingerprint density at radius 1 is 1.32 bits per heavy atom. The van der Waals surface area contributed by atoms with E-state index in [4.69, 9.17) is 23.2 Å². The van der Waals surface area contributed by atoms with Gasteiger partial charge in [-0.25, -0.2) is 0 Å². The summed E-state index contributed by atoms with van der Waals surface area (Å²) in [7, 11) is 1.76. The van der Waals surface area contributed by atoms with Gasteiger partial charge in [-0.15, -0.1) is 0 Å². The number of nitrogens with one attached hydrogen (secondary N) is 1. The van der Waals surface area contributed by atoms with E-state index in [0.717, 1.165) is 31.2 Å². The Kier molecular flexibility index (Phi) is 6.09. The first kappa shape index (κ1) is 17.5. The molecule has 1 aliphatic rings. The minimum atomic E-state index is -0.278. The molecule has 0 aromatic heterocycles. The molecule has 1 fully saturated rings. The fourth-order valence-electron chi connectivity index (χ4n) is 2.84. The van der Waals surface area contributed by atoms with E-state index in [-0.39, 0.29) is 24.6 Å². The van der Waals surface area contributed by atoms with Crippen LogP contribution in [-0.4, -0.2) is 41.7 Å². The molecule has 0 heterocycles. The van der Waals surface area contributed by atoms with Gasteiger partial charge in [0.1, 0.15) is 0 Å². The number of amides is 1. The molecule has 2 rings (SSSR count). The highest BCUT2D eigenvalue weighted by Gasteiger charge is 2.33. The van der Waals surface area contributed by atoms with E-state index in [1.165, 1.54) is 0 Å². The van der Waals surface area contributed by atoms with Gasteiger partial charge in [-0.3, -0.25) is 4.79 Å². The number of carbonyl (C=O) groups excluding carboxylic acids is 1. The molecule has 122 valence electrons. The zero-order valence-corrected chi connectivity index (χ0v) is 14.3. The Morgan fingerprint density at radius 2 is 2.00 bits per heavy atom. The number of aliphatic hydroxyl groups is 1. The number of aliphatic hydroxyl groups excluding tert-OH is 1. The van der Waals surface area contributed by atoms with E-state index in [9.17, 15) is 9.90 Å². The molecule has 0 bridgehead atoms. The summed E-state index contributed by atoms with van der Waals surface area (Å²) < 4.78 is 0. The van der Waals surface area contributed by atoms with E-state index in [1.54, 1.807) is 24.1 Å². The first-order chi connectivity index (χ1) is 10.5. The van der Waals surface area contributed by atoms with Gasteiger partial charge < -0.3 is 15.3 Å². The van der Waals surface area contributed by atoms with Crippen molar-refractivity contribution in [2.45, 2.75) is 37.8 Å². The quantitative estimate of drug-likeness (QED) is 0.834. The van der Waals surface area contributed by atoms with Gasteiger partial charge in [0.05, 0.1) is 23.2 Å². The molecule has 1 amide bonds. The van der Waals surface area contributed by atoms with Crippen molar-refractivity contribution in [3.63, 3.8) is 0 Å². The maximum atomic E-state index is 12.2. The Hall–Kier alpha value is -0.810. The van der Waals surface area contributed by atoms with Gasteiger partial charge in [0.25, 0.3) is 0 Å². The van der Waals surface area contributed by atoms with Crippen LogP contribution in [0.1, 0.15) is 31.2 Å². The minimum absolute atomic E-state index is 0.00852. The molecule has 6 heteroatoms. The van der Waals surface area contributed by atoms with Gasteiger partial charge in [0.2, 0.25) is 5.91 Å². The largest absolute Gasteiger partial charge is 0.394 e. The highest BCUT2D eigenvalue weighted by molar-refractivity contribution is 6.42. The molecule has 0 unspecified atom stereocenters. The van der Waals surface area contributed by atoms with Gasteiger partial charge in [0.15, 0.2) is 0 Å². The zero-order valence-electron chi connectivity index (χ0n) is 12.7. The van der Waals surface area contributed by atoms with Crippen LogP contribution in [0.4, 0.5) is 0 Å². The van der Waals surface area contributed by atoms with Crippen LogP contribution in [-0.2, 0) is 11.3 Å². The number of hydrogen-bond acceptors (Lipinski definition) is 3. The maximum Gasteiger partial charge on any atom is 0.236 e. The van der Waals surface area contributed by atoms with Crippen molar-refractivity contribution in [1.29, 1.82) is 0 Å². The molecule has 4 nitrogen and oxygen atoms in total. The summed E-state index contributed by atoms with van der Waals surface area (Å²) in [6.07, 6.45) is 4.04. The lowest BCUT2D eigenvalue weighted by Crippen LogP contribution is -2.50. The van der Waals surface area contributed by atoms with E-state index in [2.05, 4.69) is 5.32 Å². The first-order valence-electron chi connectivity index (χ1n) is 7.49. The monoisotopic (exact) mass is 344 g/mol. The summed E-state index contributed by atoms with van der Waals surface area (Å²) in [6, 6.07) is 5.36. The van der Waals surface area contributed by atoms with Gasteiger partial charge in [-0.05, 0) is 30.5 Å². The third-order valence-electron chi connectivity index (χ3n) is 4.31. The number of likely N-dealkylation sites (N-methyl/N-ethyl adjacent to an activating group) is 1. The van der Waals surface area contributed by atoms with Crippen molar-refractivity contribution < 1.29 is 9.90 Å². The molecule has 1 aliphatic carbocycles. The molecular weight excluding hydrogens is 323 g/mol. The van der Waals surface area contributed by atoms with Crippen molar-refractivity contribution in [3.8, 4) is 0 Å². The molecule has 0 atom stereocenters. The molecule has 2 N–H and O–H groups in total. The van der Waals surface area contributed by atoms with Crippen LogP contribution in [0.15, 0.2) is 18.2 Å². The lowest BCUT2D eigenvalue weighted by atomic mass is 9.99. The predicted octanol–water partition coefficient (Wildman–Crippen LogP) is 2.85.